The monoisotopic (exact) mass is 422 g/mol. The second-order valence-electron chi connectivity index (χ2n) is 8.18. The Balaban J connectivity index is 1.26. The van der Waals surface area contributed by atoms with Crippen LogP contribution >= 0.6 is 0 Å². The Morgan fingerprint density at radius 2 is 1.59 bits per heavy atom. The maximum Gasteiger partial charge on any atom is 0.228 e. The fourth-order valence-corrected chi connectivity index (χ4v) is 3.78. The smallest absolute Gasteiger partial charge is 0.228 e. The highest BCUT2D eigenvalue weighted by molar-refractivity contribution is 5.92. The third-order valence-electron chi connectivity index (χ3n) is 5.49. The van der Waals surface area contributed by atoms with Gasteiger partial charge in [0.05, 0.1) is 6.42 Å². The Hall–Kier alpha value is -3.79. The number of carbonyl (C=O) groups is 2. The molecule has 4 rings (SSSR count). The zero-order chi connectivity index (χ0) is 22.3. The number of ketones is 1. The van der Waals surface area contributed by atoms with Crippen LogP contribution in [0.25, 0.3) is 10.8 Å². The first-order valence-electron chi connectivity index (χ1n) is 10.8. The number of rotatable bonds is 8. The van der Waals surface area contributed by atoms with Crippen molar-refractivity contribution in [2.75, 3.05) is 5.32 Å². The van der Waals surface area contributed by atoms with Gasteiger partial charge in [-0.05, 0) is 59.2 Å². The van der Waals surface area contributed by atoms with Crippen LogP contribution < -0.4 is 5.32 Å². The number of aryl methyl sites for hydroxylation is 2. The summed E-state index contributed by atoms with van der Waals surface area (Å²) in [6, 6.07) is 23.7. The van der Waals surface area contributed by atoms with Crippen molar-refractivity contribution in [3.05, 3.63) is 107 Å². The third kappa shape index (κ3) is 5.88. The summed E-state index contributed by atoms with van der Waals surface area (Å²) >= 11 is 0. The normalized spacial score (nSPS) is 10.8. The van der Waals surface area contributed by atoms with Gasteiger partial charge in [-0.3, -0.25) is 14.6 Å². The summed E-state index contributed by atoms with van der Waals surface area (Å²) in [5.74, 6) is 0.185. The second-order valence-corrected chi connectivity index (χ2v) is 8.18. The quantitative estimate of drug-likeness (QED) is 0.410. The van der Waals surface area contributed by atoms with Gasteiger partial charge in [0.1, 0.15) is 5.78 Å². The number of aromatic nitrogens is 1. The fourth-order valence-electron chi connectivity index (χ4n) is 3.78. The Morgan fingerprint density at radius 3 is 2.41 bits per heavy atom. The van der Waals surface area contributed by atoms with Crippen LogP contribution in [-0.2, 0) is 28.9 Å². The van der Waals surface area contributed by atoms with Gasteiger partial charge in [0, 0.05) is 36.3 Å². The van der Waals surface area contributed by atoms with Gasteiger partial charge in [0.15, 0.2) is 0 Å². The van der Waals surface area contributed by atoms with Crippen LogP contribution in [0.4, 0.5) is 5.69 Å². The second kappa shape index (κ2) is 10.0. The van der Waals surface area contributed by atoms with Crippen molar-refractivity contribution in [1.29, 1.82) is 0 Å². The third-order valence-corrected chi connectivity index (χ3v) is 5.49. The molecule has 4 nitrogen and oxygen atoms in total. The van der Waals surface area contributed by atoms with E-state index in [2.05, 4.69) is 16.4 Å². The van der Waals surface area contributed by atoms with Gasteiger partial charge >= 0.3 is 0 Å². The maximum atomic E-state index is 12.5. The number of hydrogen-bond acceptors (Lipinski definition) is 3. The van der Waals surface area contributed by atoms with Gasteiger partial charge in [-0.15, -0.1) is 0 Å². The van der Waals surface area contributed by atoms with Crippen LogP contribution in [0.1, 0.15) is 28.7 Å². The molecular formula is C28H26N2O2. The number of fused-ring (bicyclic) bond motifs is 1. The molecule has 160 valence electrons. The van der Waals surface area contributed by atoms with Crippen LogP contribution in [0.2, 0.25) is 0 Å². The van der Waals surface area contributed by atoms with Gasteiger partial charge in [-0.1, -0.05) is 54.6 Å². The van der Waals surface area contributed by atoms with Crippen molar-refractivity contribution < 1.29 is 9.59 Å². The molecule has 4 heteroatoms. The van der Waals surface area contributed by atoms with Gasteiger partial charge in [0.2, 0.25) is 5.91 Å². The average Bonchev–Trinajstić information content (AvgIpc) is 2.78. The largest absolute Gasteiger partial charge is 0.326 e. The van der Waals surface area contributed by atoms with E-state index in [0.29, 0.717) is 25.7 Å². The summed E-state index contributed by atoms with van der Waals surface area (Å²) in [6.07, 6.45) is 5.56. The molecule has 0 aliphatic carbocycles. The lowest BCUT2D eigenvalue weighted by Crippen LogP contribution is -2.14. The summed E-state index contributed by atoms with van der Waals surface area (Å²) in [5, 5.41) is 5.12. The van der Waals surface area contributed by atoms with Gasteiger partial charge < -0.3 is 5.32 Å². The van der Waals surface area contributed by atoms with Crippen molar-refractivity contribution in [2.24, 2.45) is 0 Å². The highest BCUT2D eigenvalue weighted by atomic mass is 16.1. The molecule has 0 aliphatic rings. The molecule has 0 radical (unpaired) electrons. The maximum absolute atomic E-state index is 12.5. The molecule has 0 spiro atoms. The number of Topliss-reactive ketones (excluding diaryl/α,β-unsaturated/α-hetero) is 1. The molecule has 0 aliphatic heterocycles. The van der Waals surface area contributed by atoms with Crippen molar-refractivity contribution in [1.82, 2.24) is 4.98 Å². The topological polar surface area (TPSA) is 59.1 Å². The van der Waals surface area contributed by atoms with Crippen molar-refractivity contribution in [2.45, 2.75) is 32.6 Å². The van der Waals surface area contributed by atoms with E-state index in [9.17, 15) is 9.59 Å². The van der Waals surface area contributed by atoms with Crippen LogP contribution in [0.3, 0.4) is 0 Å². The number of anilines is 1. The number of pyridine rings is 1. The fraction of sp³-hybridized carbons (Fsp3) is 0.179. The van der Waals surface area contributed by atoms with E-state index in [1.54, 1.807) is 6.20 Å². The zero-order valence-corrected chi connectivity index (χ0v) is 18.2. The summed E-state index contributed by atoms with van der Waals surface area (Å²) in [4.78, 5) is 28.9. The number of hydrogen-bond donors (Lipinski definition) is 1. The Bertz CT molecular complexity index is 1250. The van der Waals surface area contributed by atoms with E-state index in [1.807, 2.05) is 79.9 Å². The first-order valence-corrected chi connectivity index (χ1v) is 10.8. The molecule has 0 atom stereocenters. The van der Waals surface area contributed by atoms with Crippen LogP contribution in [-0.4, -0.2) is 16.7 Å². The van der Waals surface area contributed by atoms with Gasteiger partial charge in [-0.2, -0.15) is 0 Å². The number of nitrogens with zero attached hydrogens (tertiary/aromatic N) is 1. The first kappa shape index (κ1) is 21.4. The summed E-state index contributed by atoms with van der Waals surface area (Å²) in [5.41, 5.74) is 5.01. The highest BCUT2D eigenvalue weighted by Gasteiger charge is 2.08. The van der Waals surface area contributed by atoms with Crippen LogP contribution in [0, 0.1) is 6.92 Å². The summed E-state index contributed by atoms with van der Waals surface area (Å²) < 4.78 is 0. The molecule has 0 unspecified atom stereocenters. The number of amides is 1. The molecule has 0 fully saturated rings. The van der Waals surface area contributed by atoms with E-state index in [1.165, 1.54) is 0 Å². The van der Waals surface area contributed by atoms with E-state index < -0.39 is 0 Å². The van der Waals surface area contributed by atoms with Crippen molar-refractivity contribution >= 4 is 28.2 Å². The Morgan fingerprint density at radius 1 is 0.812 bits per heavy atom. The predicted molar refractivity (Wildman–Crippen MR) is 129 cm³/mol. The molecule has 3 aromatic carbocycles. The van der Waals surface area contributed by atoms with E-state index in [4.69, 9.17) is 0 Å². The van der Waals surface area contributed by atoms with Crippen LogP contribution in [0.15, 0.2) is 85.2 Å². The lowest BCUT2D eigenvalue weighted by Gasteiger charge is -2.07. The highest BCUT2D eigenvalue weighted by Crippen LogP contribution is 2.16. The van der Waals surface area contributed by atoms with E-state index in [-0.39, 0.29) is 11.7 Å². The minimum absolute atomic E-state index is 0.0373. The number of carbonyl (C=O) groups excluding carboxylic acids is 2. The molecule has 0 bridgehead atoms. The van der Waals surface area contributed by atoms with Crippen molar-refractivity contribution in [3.8, 4) is 0 Å². The first-order chi connectivity index (χ1) is 15.5. The lowest BCUT2D eigenvalue weighted by atomic mass is 10.00. The van der Waals surface area contributed by atoms with Gasteiger partial charge in [-0.25, -0.2) is 0 Å². The molecule has 1 aromatic heterocycles. The molecule has 4 aromatic rings. The Labute approximate surface area is 188 Å². The SMILES string of the molecule is Cc1cccc(NC(=O)Cc2ccc(CCC(=O)Cc3ccc4cnccc4c3)cc2)c1. The predicted octanol–water partition coefficient (Wildman–Crippen LogP) is 5.47. The van der Waals surface area contributed by atoms with E-state index in [0.717, 1.165) is 38.7 Å². The molecule has 0 saturated carbocycles. The minimum Gasteiger partial charge on any atom is -0.326 e. The molecule has 1 N–H and O–H groups in total. The zero-order valence-electron chi connectivity index (χ0n) is 18.2. The molecule has 1 heterocycles. The average molecular weight is 423 g/mol. The van der Waals surface area contributed by atoms with Crippen molar-refractivity contribution in [3.63, 3.8) is 0 Å². The van der Waals surface area contributed by atoms with Gasteiger partial charge in [0.25, 0.3) is 0 Å². The number of benzene rings is 3. The van der Waals surface area contributed by atoms with E-state index >= 15 is 0 Å². The summed E-state index contributed by atoms with van der Waals surface area (Å²) in [7, 11) is 0. The summed E-state index contributed by atoms with van der Waals surface area (Å²) in [6.45, 7) is 2.00. The standard InChI is InChI=1S/C28H26N2O2/c1-20-3-2-4-26(15-20)30-28(32)18-22-7-5-21(6-8-22)10-12-27(31)17-23-9-11-25-19-29-14-13-24(25)16-23/h2-9,11,13-16,19H,10,12,17-18H2,1H3,(H,30,32). The minimum atomic E-state index is -0.0373. The van der Waals surface area contributed by atoms with Crippen LogP contribution in [0.5, 0.6) is 0 Å². The Kier molecular flexibility index (Phi) is 6.71. The molecular weight excluding hydrogens is 396 g/mol. The number of nitrogens with one attached hydrogen (secondary N) is 1. The molecule has 32 heavy (non-hydrogen) atoms. The molecule has 1 amide bonds. The lowest BCUT2D eigenvalue weighted by molar-refractivity contribution is -0.118. The molecule has 0 saturated heterocycles.